The van der Waals surface area contributed by atoms with E-state index in [4.69, 9.17) is 0 Å². The van der Waals surface area contributed by atoms with E-state index in [0.717, 1.165) is 22.5 Å². The van der Waals surface area contributed by atoms with Crippen molar-refractivity contribution in [2.24, 2.45) is 0 Å². The molecule has 0 N–H and O–H groups in total. The molecular weight excluding hydrogens is 781 g/mol. The number of hydrogen-bond acceptors (Lipinski definition) is 3. The third-order valence-electron chi connectivity index (χ3n) is 7.35. The van der Waals surface area contributed by atoms with Gasteiger partial charge in [-0.1, -0.05) is 59.5 Å². The van der Waals surface area contributed by atoms with Crippen molar-refractivity contribution in [3.63, 3.8) is 0 Å². The Balaban J connectivity index is 0.000000188. The van der Waals surface area contributed by atoms with E-state index in [9.17, 15) is 0 Å². The van der Waals surface area contributed by atoms with Crippen LogP contribution >= 0.6 is 11.3 Å². The number of rotatable bonds is 4. The number of benzene rings is 4. The van der Waals surface area contributed by atoms with Gasteiger partial charge in [-0.05, 0) is 46.0 Å². The van der Waals surface area contributed by atoms with Gasteiger partial charge in [-0.2, -0.15) is 11.3 Å². The van der Waals surface area contributed by atoms with Crippen LogP contribution in [-0.4, -0.2) is 23.2 Å². The monoisotopic (exact) mass is 815 g/mol. The first-order valence-corrected chi connectivity index (χ1v) is 22.3. The summed E-state index contributed by atoms with van der Waals surface area (Å²) < 4.78 is 4.00. The van der Waals surface area contributed by atoms with E-state index in [0.29, 0.717) is 0 Å². The third-order valence-corrected chi connectivity index (χ3v) is 12.8. The molecule has 0 aliphatic heterocycles. The van der Waals surface area contributed by atoms with Crippen LogP contribution in [0.15, 0.2) is 122 Å². The zero-order chi connectivity index (χ0) is 29.1. The van der Waals surface area contributed by atoms with Crippen molar-refractivity contribution in [3.05, 3.63) is 139 Å². The van der Waals surface area contributed by atoms with E-state index < -0.39 is 13.3 Å². The van der Waals surface area contributed by atoms with Crippen molar-refractivity contribution < 1.29 is 20.1 Å². The Morgan fingerprint density at radius 3 is 2.14 bits per heavy atom. The summed E-state index contributed by atoms with van der Waals surface area (Å²) in [5, 5.41) is 2.58. The molecule has 3 aromatic heterocycles. The molecule has 0 fully saturated rings. The number of pyridine rings is 2. The van der Waals surface area contributed by atoms with Crippen molar-refractivity contribution in [2.75, 3.05) is 0 Å². The number of nitrogens with zero attached hydrogens (tertiary/aromatic N) is 2. The maximum absolute atomic E-state index is 4.53. The maximum atomic E-state index is 4.53. The normalized spacial score (nSPS) is 11.1. The maximum Gasteiger partial charge on any atom is 0 e. The molecule has 0 atom stereocenters. The Labute approximate surface area is 274 Å². The number of aromatic nitrogens is 2. The molecule has 0 bridgehead atoms. The smallest absolute Gasteiger partial charge is 0 e. The summed E-state index contributed by atoms with van der Waals surface area (Å²) >= 11 is 0.108. The van der Waals surface area contributed by atoms with Gasteiger partial charge in [-0.25, -0.2) is 0 Å². The van der Waals surface area contributed by atoms with Crippen molar-refractivity contribution in [1.82, 2.24) is 9.97 Å². The Morgan fingerprint density at radius 1 is 0.674 bits per heavy atom. The van der Waals surface area contributed by atoms with Crippen LogP contribution in [0.2, 0.25) is 17.3 Å². The van der Waals surface area contributed by atoms with Crippen LogP contribution < -0.4 is 4.40 Å². The van der Waals surface area contributed by atoms with Gasteiger partial charge in [0.2, 0.25) is 0 Å². The van der Waals surface area contributed by atoms with Crippen molar-refractivity contribution >= 4 is 49.2 Å². The van der Waals surface area contributed by atoms with Gasteiger partial charge in [0.25, 0.3) is 0 Å². The van der Waals surface area contributed by atoms with Crippen molar-refractivity contribution in [1.29, 1.82) is 0 Å². The summed E-state index contributed by atoms with van der Waals surface area (Å²) in [4.78, 5) is 9.05. The molecule has 7 aromatic rings. The van der Waals surface area contributed by atoms with E-state index in [1.54, 1.807) is 0 Å². The molecule has 1 radical (unpaired) electrons. The molecule has 0 aliphatic rings. The molecule has 5 heteroatoms. The summed E-state index contributed by atoms with van der Waals surface area (Å²) in [6.07, 6.45) is 3.88. The Bertz CT molecular complexity index is 1940. The molecule has 0 amide bonds. The van der Waals surface area contributed by atoms with Crippen LogP contribution in [-0.2, 0) is 20.1 Å². The molecule has 0 saturated carbocycles. The van der Waals surface area contributed by atoms with Gasteiger partial charge in [0.05, 0.1) is 0 Å². The van der Waals surface area contributed by atoms with Gasteiger partial charge in [0.1, 0.15) is 0 Å². The first-order valence-electron chi connectivity index (χ1n) is 14.2. The van der Waals surface area contributed by atoms with Crippen LogP contribution in [0.3, 0.4) is 0 Å². The van der Waals surface area contributed by atoms with E-state index in [1.807, 2.05) is 72.3 Å². The van der Waals surface area contributed by atoms with Crippen LogP contribution in [0, 0.1) is 19.1 Å². The molecule has 7 rings (SSSR count). The van der Waals surface area contributed by atoms with Gasteiger partial charge in [0.15, 0.2) is 0 Å². The fourth-order valence-corrected chi connectivity index (χ4v) is 8.34. The van der Waals surface area contributed by atoms with Crippen LogP contribution in [0.4, 0.5) is 0 Å². The summed E-state index contributed by atoms with van der Waals surface area (Å²) in [5.41, 5.74) is 7.93. The van der Waals surface area contributed by atoms with Gasteiger partial charge in [-0.3, -0.25) is 0 Å². The first kappa shape index (κ1) is 31.0. The molecule has 0 aliphatic carbocycles. The zero-order valence-corrected chi connectivity index (χ0v) is 30.0. The van der Waals surface area contributed by atoms with Crippen LogP contribution in [0.25, 0.3) is 53.8 Å². The largest absolute Gasteiger partial charge is 0 e. The molecule has 4 aromatic carbocycles. The topological polar surface area (TPSA) is 25.8 Å². The summed E-state index contributed by atoms with van der Waals surface area (Å²) in [7, 11) is 0. The van der Waals surface area contributed by atoms with Crippen molar-refractivity contribution in [3.8, 4) is 33.6 Å². The number of fused-ring (bicyclic) bond motifs is 3. The molecule has 2 nitrogen and oxygen atoms in total. The summed E-state index contributed by atoms with van der Waals surface area (Å²) in [5.74, 6) is 7.14. The van der Waals surface area contributed by atoms with E-state index in [1.165, 1.54) is 41.3 Å². The summed E-state index contributed by atoms with van der Waals surface area (Å²) in [6.45, 7) is 2.12. The predicted octanol–water partition coefficient (Wildman–Crippen LogP) is 9.98. The Morgan fingerprint density at radius 2 is 1.47 bits per heavy atom. The molecule has 0 spiro atoms. The minimum absolute atomic E-state index is 0. The molecule has 43 heavy (non-hydrogen) atoms. The van der Waals surface area contributed by atoms with E-state index >= 15 is 0 Å². The predicted molar refractivity (Wildman–Crippen MR) is 183 cm³/mol. The molecule has 3 heterocycles. The zero-order valence-electron chi connectivity index (χ0n) is 24.7. The fourth-order valence-electron chi connectivity index (χ4n) is 4.92. The molecular formula is C38H32GeIrN2S-2. The quantitative estimate of drug-likeness (QED) is 0.131. The van der Waals surface area contributed by atoms with Crippen LogP contribution in [0.1, 0.15) is 5.56 Å². The molecule has 0 saturated heterocycles. The SMILES string of the molecule is Cc1ccc(-c2ccc3c(c2)sc2c(-c4ccccn4)[c-]ccc23)cc1.[CH3][Ge]([CH3])([CH3])[c]1ccc(-c2[c-]cccc2)nc1.[Ir]. The first-order chi connectivity index (χ1) is 20.4. The van der Waals surface area contributed by atoms with Crippen molar-refractivity contribution in [2.45, 2.75) is 24.2 Å². The minimum Gasteiger partial charge on any atom is 0 e. The second-order valence-electron chi connectivity index (χ2n) is 11.4. The summed E-state index contributed by atoms with van der Waals surface area (Å²) in [6, 6.07) is 44.5. The standard InChI is InChI=1S/C24H16NS.C14H16GeN.Ir/c1-16-8-10-17(11-9-16)18-12-13-19-20-5-4-6-21(22-7-2-3-14-25-22)24(20)26-23(19)15-18;1-15(2,3)13-9-10-14(16-11-13)12-7-5-4-6-8-12;/h2-5,7-15H,1H3;4-7,9-11H,1-3H3;/q2*-1;. The average Bonchev–Trinajstić information content (AvgIpc) is 3.40. The van der Waals surface area contributed by atoms with Gasteiger partial charge in [-0.15, -0.1) is 23.8 Å². The van der Waals surface area contributed by atoms with E-state index in [-0.39, 0.29) is 20.1 Å². The Kier molecular flexibility index (Phi) is 9.73. The van der Waals surface area contributed by atoms with Crippen LogP contribution in [0.5, 0.6) is 0 Å². The Hall–Kier alpha value is -3.41. The fraction of sp³-hybridized carbons (Fsp3) is 0.105. The minimum atomic E-state index is -1.72. The second kappa shape index (κ2) is 13.5. The third kappa shape index (κ3) is 7.05. The average molecular weight is 814 g/mol. The molecule has 215 valence electrons. The van der Waals surface area contributed by atoms with E-state index in [2.05, 4.69) is 107 Å². The number of hydrogen-bond donors (Lipinski definition) is 0. The van der Waals surface area contributed by atoms with Gasteiger partial charge < -0.3 is 4.98 Å². The second-order valence-corrected chi connectivity index (χ2v) is 23.2. The van der Waals surface area contributed by atoms with Gasteiger partial charge >= 0.3 is 99.8 Å². The van der Waals surface area contributed by atoms with Gasteiger partial charge in [0, 0.05) is 31.0 Å². The number of thiophene rings is 1. The number of aryl methyl sites for hydroxylation is 1. The molecule has 0 unspecified atom stereocenters.